The number of pyridine rings is 1. The number of likely N-dealkylation sites (tertiary alicyclic amines) is 1. The summed E-state index contributed by atoms with van der Waals surface area (Å²) in [6.45, 7) is 5.56. The highest BCUT2D eigenvalue weighted by molar-refractivity contribution is 5.93. The van der Waals surface area contributed by atoms with E-state index in [9.17, 15) is 9.59 Å². The Morgan fingerprint density at radius 2 is 1.83 bits per heavy atom. The predicted octanol–water partition coefficient (Wildman–Crippen LogP) is 2.21. The number of nitrogens with one attached hydrogen (secondary N) is 2. The summed E-state index contributed by atoms with van der Waals surface area (Å²) in [5, 5.41) is 2.80. The topological polar surface area (TPSA) is 65.2 Å². The zero-order valence-corrected chi connectivity index (χ0v) is 14.0. The number of aromatic nitrogens is 1. The molecule has 2 aromatic rings. The van der Waals surface area contributed by atoms with Gasteiger partial charge in [0.15, 0.2) is 5.43 Å². The number of amides is 1. The van der Waals surface area contributed by atoms with Crippen LogP contribution >= 0.6 is 0 Å². The van der Waals surface area contributed by atoms with Crippen molar-refractivity contribution < 1.29 is 4.79 Å². The van der Waals surface area contributed by atoms with Crippen LogP contribution in [0.4, 0.5) is 0 Å². The Labute approximate surface area is 141 Å². The van der Waals surface area contributed by atoms with Crippen molar-refractivity contribution in [2.75, 3.05) is 13.1 Å². The van der Waals surface area contributed by atoms with Gasteiger partial charge in [0.1, 0.15) is 5.56 Å². The van der Waals surface area contributed by atoms with E-state index in [0.717, 1.165) is 17.8 Å². The minimum Gasteiger partial charge on any atom is -0.364 e. The molecular weight excluding hydrogens is 302 g/mol. The van der Waals surface area contributed by atoms with E-state index in [4.69, 9.17) is 0 Å². The highest BCUT2D eigenvalue weighted by atomic mass is 16.2. The van der Waals surface area contributed by atoms with E-state index in [0.29, 0.717) is 6.54 Å². The van der Waals surface area contributed by atoms with Gasteiger partial charge in [0.25, 0.3) is 5.91 Å². The van der Waals surface area contributed by atoms with Crippen LogP contribution in [0, 0.1) is 6.92 Å². The van der Waals surface area contributed by atoms with E-state index in [1.807, 2.05) is 12.1 Å². The lowest BCUT2D eigenvalue weighted by Crippen LogP contribution is -2.28. The summed E-state index contributed by atoms with van der Waals surface area (Å²) >= 11 is 0. The van der Waals surface area contributed by atoms with E-state index < -0.39 is 0 Å². The van der Waals surface area contributed by atoms with Crippen LogP contribution < -0.4 is 10.7 Å². The van der Waals surface area contributed by atoms with Crippen molar-refractivity contribution in [1.29, 1.82) is 0 Å². The first kappa shape index (κ1) is 16.5. The van der Waals surface area contributed by atoms with Crippen LogP contribution in [0.15, 0.2) is 41.3 Å². The molecule has 5 nitrogen and oxygen atoms in total. The molecular formula is C19H23N3O2. The van der Waals surface area contributed by atoms with E-state index >= 15 is 0 Å². The molecule has 126 valence electrons. The minimum atomic E-state index is -0.350. The molecule has 1 aliphatic heterocycles. The maximum atomic E-state index is 12.1. The summed E-state index contributed by atoms with van der Waals surface area (Å²) in [4.78, 5) is 29.3. The van der Waals surface area contributed by atoms with Crippen molar-refractivity contribution in [1.82, 2.24) is 15.2 Å². The summed E-state index contributed by atoms with van der Waals surface area (Å²) in [5.74, 6) is -0.350. The standard InChI is InChI=1S/C19H23N3O2/c1-14-10-18(23)17(12-20-14)19(24)21-11-15-4-6-16(7-5-15)13-22-8-2-3-9-22/h4-7,10,12H,2-3,8-9,11,13H2,1H3,(H,20,23)(H,21,24). The van der Waals surface area contributed by atoms with Gasteiger partial charge in [-0.15, -0.1) is 0 Å². The van der Waals surface area contributed by atoms with Crippen molar-refractivity contribution in [2.45, 2.75) is 32.9 Å². The normalized spacial score (nSPS) is 14.7. The summed E-state index contributed by atoms with van der Waals surface area (Å²) in [5.41, 5.74) is 2.94. The average molecular weight is 325 g/mol. The van der Waals surface area contributed by atoms with Gasteiger partial charge >= 0.3 is 0 Å². The third kappa shape index (κ3) is 4.11. The Bertz CT molecular complexity index is 759. The molecule has 2 heterocycles. The third-order valence-electron chi connectivity index (χ3n) is 4.38. The number of aryl methyl sites for hydroxylation is 1. The quantitative estimate of drug-likeness (QED) is 0.886. The first-order valence-electron chi connectivity index (χ1n) is 8.39. The molecule has 0 atom stereocenters. The Morgan fingerprint density at radius 3 is 2.50 bits per heavy atom. The second-order valence-electron chi connectivity index (χ2n) is 6.38. The van der Waals surface area contributed by atoms with Crippen LogP contribution in [0.3, 0.4) is 0 Å². The summed E-state index contributed by atoms with van der Waals surface area (Å²) in [6, 6.07) is 9.72. The average Bonchev–Trinajstić information content (AvgIpc) is 3.07. The van der Waals surface area contributed by atoms with Crippen molar-refractivity contribution in [3.05, 3.63) is 69.1 Å². The molecule has 0 unspecified atom stereocenters. The number of hydrogen-bond donors (Lipinski definition) is 2. The maximum absolute atomic E-state index is 12.1. The van der Waals surface area contributed by atoms with Gasteiger partial charge in [0.2, 0.25) is 0 Å². The molecule has 1 saturated heterocycles. The van der Waals surface area contributed by atoms with Gasteiger partial charge in [-0.05, 0) is 44.0 Å². The van der Waals surface area contributed by atoms with Gasteiger partial charge in [-0.25, -0.2) is 0 Å². The number of H-pyrrole nitrogens is 1. The van der Waals surface area contributed by atoms with E-state index in [-0.39, 0.29) is 16.9 Å². The van der Waals surface area contributed by atoms with Gasteiger partial charge in [0.05, 0.1) is 0 Å². The number of nitrogens with zero attached hydrogens (tertiary/aromatic N) is 1. The van der Waals surface area contributed by atoms with Crippen LogP contribution in [0.2, 0.25) is 0 Å². The lowest BCUT2D eigenvalue weighted by Gasteiger charge is -2.14. The van der Waals surface area contributed by atoms with Crippen LogP contribution in [0.1, 0.15) is 40.0 Å². The summed E-state index contributed by atoms with van der Waals surface area (Å²) < 4.78 is 0. The molecule has 0 saturated carbocycles. The SMILES string of the molecule is Cc1cc(=O)c(C(=O)NCc2ccc(CN3CCCC3)cc2)c[nH]1. The van der Waals surface area contributed by atoms with E-state index in [1.165, 1.54) is 43.8 Å². The molecule has 1 fully saturated rings. The molecule has 1 aliphatic rings. The van der Waals surface area contributed by atoms with Gasteiger partial charge in [-0.3, -0.25) is 14.5 Å². The van der Waals surface area contributed by atoms with E-state index in [1.54, 1.807) is 6.92 Å². The van der Waals surface area contributed by atoms with Crippen molar-refractivity contribution >= 4 is 5.91 Å². The molecule has 0 aliphatic carbocycles. The third-order valence-corrected chi connectivity index (χ3v) is 4.38. The second-order valence-corrected chi connectivity index (χ2v) is 6.38. The van der Waals surface area contributed by atoms with Crippen molar-refractivity contribution in [2.24, 2.45) is 0 Å². The highest BCUT2D eigenvalue weighted by Crippen LogP contribution is 2.13. The molecule has 0 spiro atoms. The maximum Gasteiger partial charge on any atom is 0.257 e. The van der Waals surface area contributed by atoms with Gasteiger partial charge < -0.3 is 10.3 Å². The van der Waals surface area contributed by atoms with Crippen LogP contribution in [0.25, 0.3) is 0 Å². The molecule has 1 amide bonds. The van der Waals surface area contributed by atoms with Gasteiger partial charge in [0, 0.05) is 31.0 Å². The summed E-state index contributed by atoms with van der Waals surface area (Å²) in [7, 11) is 0. The molecule has 2 N–H and O–H groups in total. The lowest BCUT2D eigenvalue weighted by molar-refractivity contribution is 0.0949. The molecule has 24 heavy (non-hydrogen) atoms. The van der Waals surface area contributed by atoms with Gasteiger partial charge in [-0.1, -0.05) is 24.3 Å². The van der Waals surface area contributed by atoms with Crippen molar-refractivity contribution in [3.63, 3.8) is 0 Å². The van der Waals surface area contributed by atoms with Gasteiger partial charge in [-0.2, -0.15) is 0 Å². The Morgan fingerprint density at radius 1 is 1.17 bits per heavy atom. The molecule has 1 aromatic heterocycles. The molecule has 5 heteroatoms. The van der Waals surface area contributed by atoms with Crippen LogP contribution in [0.5, 0.6) is 0 Å². The number of aromatic amines is 1. The Kier molecular flexibility index (Phi) is 5.11. The van der Waals surface area contributed by atoms with Crippen LogP contribution in [-0.2, 0) is 13.1 Å². The monoisotopic (exact) mass is 325 g/mol. The first-order valence-corrected chi connectivity index (χ1v) is 8.39. The number of hydrogen-bond acceptors (Lipinski definition) is 3. The Balaban J connectivity index is 1.56. The highest BCUT2D eigenvalue weighted by Gasteiger charge is 2.12. The molecule has 0 radical (unpaired) electrons. The second kappa shape index (κ2) is 7.45. The Hall–Kier alpha value is -2.40. The van der Waals surface area contributed by atoms with E-state index in [2.05, 4.69) is 27.3 Å². The fraction of sp³-hybridized carbons (Fsp3) is 0.368. The molecule has 0 bridgehead atoms. The largest absolute Gasteiger partial charge is 0.364 e. The minimum absolute atomic E-state index is 0.145. The predicted molar refractivity (Wildman–Crippen MR) is 93.9 cm³/mol. The fourth-order valence-electron chi connectivity index (χ4n) is 2.99. The van der Waals surface area contributed by atoms with Crippen molar-refractivity contribution in [3.8, 4) is 0 Å². The number of rotatable bonds is 5. The first-order chi connectivity index (χ1) is 11.6. The number of carbonyl (C=O) groups is 1. The fourth-order valence-corrected chi connectivity index (χ4v) is 2.99. The molecule has 3 rings (SSSR count). The number of carbonyl (C=O) groups excluding carboxylic acids is 1. The molecule has 1 aromatic carbocycles. The zero-order valence-electron chi connectivity index (χ0n) is 14.0. The summed E-state index contributed by atoms with van der Waals surface area (Å²) in [6.07, 6.45) is 4.05. The zero-order chi connectivity index (χ0) is 16.9. The number of benzene rings is 1. The van der Waals surface area contributed by atoms with Crippen LogP contribution in [-0.4, -0.2) is 28.9 Å². The lowest BCUT2D eigenvalue weighted by atomic mass is 10.1. The smallest absolute Gasteiger partial charge is 0.257 e.